The maximum absolute atomic E-state index is 12.3. The van der Waals surface area contributed by atoms with Crippen LogP contribution in [0.5, 0.6) is 0 Å². The Morgan fingerprint density at radius 1 is 1.16 bits per heavy atom. The van der Waals surface area contributed by atoms with E-state index in [0.29, 0.717) is 6.54 Å². The fourth-order valence-corrected chi connectivity index (χ4v) is 3.28. The predicted octanol–water partition coefficient (Wildman–Crippen LogP) is 3.77. The zero-order valence-electron chi connectivity index (χ0n) is 10.8. The van der Waals surface area contributed by atoms with E-state index in [0.717, 1.165) is 24.3 Å². The smallest absolute Gasteiger partial charge is 0.191 e. The number of fused-ring (bicyclic) bond motifs is 1. The number of anilines is 1. The fourth-order valence-electron chi connectivity index (χ4n) is 2.62. The number of aryl methyl sites for hydroxylation is 1. The molecule has 19 heavy (non-hydrogen) atoms. The van der Waals surface area contributed by atoms with Crippen LogP contribution in [-0.4, -0.2) is 18.9 Å². The molecule has 0 saturated heterocycles. The van der Waals surface area contributed by atoms with Gasteiger partial charge in [-0.05, 0) is 42.3 Å². The minimum atomic E-state index is 0.228. The Hall–Kier alpha value is -1.61. The van der Waals surface area contributed by atoms with Crippen molar-refractivity contribution in [2.45, 2.75) is 19.3 Å². The lowest BCUT2D eigenvalue weighted by atomic mass is 10.1. The molecule has 0 unspecified atom stereocenters. The third-order valence-corrected chi connectivity index (χ3v) is 4.50. The molecule has 0 spiro atoms. The van der Waals surface area contributed by atoms with Crippen LogP contribution in [0.15, 0.2) is 41.8 Å². The van der Waals surface area contributed by atoms with Crippen molar-refractivity contribution in [3.05, 3.63) is 52.2 Å². The second kappa shape index (κ2) is 5.57. The van der Waals surface area contributed by atoms with E-state index < -0.39 is 0 Å². The van der Waals surface area contributed by atoms with Gasteiger partial charge in [0, 0.05) is 12.2 Å². The van der Waals surface area contributed by atoms with Gasteiger partial charge in [-0.3, -0.25) is 4.79 Å². The number of ketones is 1. The van der Waals surface area contributed by atoms with Crippen LogP contribution in [0.2, 0.25) is 0 Å². The summed E-state index contributed by atoms with van der Waals surface area (Å²) in [5.41, 5.74) is 2.61. The summed E-state index contributed by atoms with van der Waals surface area (Å²) in [6, 6.07) is 12.3. The third kappa shape index (κ3) is 2.71. The summed E-state index contributed by atoms with van der Waals surface area (Å²) in [5, 5.41) is 1.96. The number of hydrogen-bond donors (Lipinski definition) is 0. The quantitative estimate of drug-likeness (QED) is 0.792. The second-order valence-corrected chi connectivity index (χ2v) is 5.86. The predicted molar refractivity (Wildman–Crippen MR) is 80.2 cm³/mol. The molecule has 2 aromatic rings. The van der Waals surface area contributed by atoms with Gasteiger partial charge >= 0.3 is 0 Å². The maximum Gasteiger partial charge on any atom is 0.191 e. The average molecular weight is 271 g/mol. The highest BCUT2D eigenvalue weighted by molar-refractivity contribution is 7.12. The summed E-state index contributed by atoms with van der Waals surface area (Å²) in [4.78, 5) is 15.4. The van der Waals surface area contributed by atoms with Gasteiger partial charge in [0.1, 0.15) is 0 Å². The van der Waals surface area contributed by atoms with Crippen molar-refractivity contribution in [2.75, 3.05) is 18.0 Å². The topological polar surface area (TPSA) is 20.3 Å². The normalized spacial score (nSPS) is 14.8. The first-order valence-corrected chi connectivity index (χ1v) is 7.62. The highest BCUT2D eigenvalue weighted by atomic mass is 32.1. The summed E-state index contributed by atoms with van der Waals surface area (Å²) < 4.78 is 0. The standard InChI is InChI=1S/C16H17NOS/c18-15(16-9-5-11-19-16)12-17-10-4-3-7-13-6-1-2-8-14(13)17/h1-2,5-6,8-9,11H,3-4,7,10,12H2. The van der Waals surface area contributed by atoms with Gasteiger partial charge in [-0.15, -0.1) is 11.3 Å². The Morgan fingerprint density at radius 2 is 2.05 bits per heavy atom. The van der Waals surface area contributed by atoms with Gasteiger partial charge in [-0.2, -0.15) is 0 Å². The monoisotopic (exact) mass is 271 g/mol. The summed E-state index contributed by atoms with van der Waals surface area (Å²) >= 11 is 1.53. The molecule has 0 atom stereocenters. The molecular weight excluding hydrogens is 254 g/mol. The Morgan fingerprint density at radius 3 is 2.89 bits per heavy atom. The molecule has 0 N–H and O–H groups in total. The van der Waals surface area contributed by atoms with Gasteiger partial charge in [-0.25, -0.2) is 0 Å². The highest BCUT2D eigenvalue weighted by Gasteiger charge is 2.18. The molecule has 98 valence electrons. The van der Waals surface area contributed by atoms with Crippen LogP contribution in [0.25, 0.3) is 0 Å². The minimum Gasteiger partial charge on any atom is -0.364 e. The molecule has 0 amide bonds. The second-order valence-electron chi connectivity index (χ2n) is 4.91. The average Bonchev–Trinajstić information content (AvgIpc) is 2.90. The fraction of sp³-hybridized carbons (Fsp3) is 0.312. The van der Waals surface area contributed by atoms with E-state index in [1.54, 1.807) is 0 Å². The Labute approximate surface area is 117 Å². The van der Waals surface area contributed by atoms with Gasteiger partial charge in [-0.1, -0.05) is 24.3 Å². The number of para-hydroxylation sites is 1. The number of benzene rings is 1. The molecule has 0 saturated carbocycles. The molecule has 1 aromatic carbocycles. The van der Waals surface area contributed by atoms with Crippen LogP contribution < -0.4 is 4.90 Å². The molecule has 0 fully saturated rings. The summed E-state index contributed by atoms with van der Waals surface area (Å²) in [7, 11) is 0. The molecule has 1 aliphatic rings. The lowest BCUT2D eigenvalue weighted by Crippen LogP contribution is -2.30. The largest absolute Gasteiger partial charge is 0.364 e. The van der Waals surface area contributed by atoms with Crippen LogP contribution >= 0.6 is 11.3 Å². The summed E-state index contributed by atoms with van der Waals surface area (Å²) in [6.45, 7) is 1.48. The van der Waals surface area contributed by atoms with Crippen LogP contribution in [0.3, 0.4) is 0 Å². The van der Waals surface area contributed by atoms with Crippen molar-refractivity contribution in [3.8, 4) is 0 Å². The van der Waals surface area contributed by atoms with Crippen LogP contribution in [0, 0.1) is 0 Å². The van der Waals surface area contributed by atoms with E-state index in [2.05, 4.69) is 29.2 Å². The molecule has 3 heteroatoms. The van der Waals surface area contributed by atoms with Crippen molar-refractivity contribution in [1.82, 2.24) is 0 Å². The number of rotatable bonds is 3. The Kier molecular flexibility index (Phi) is 3.65. The zero-order valence-corrected chi connectivity index (χ0v) is 11.7. The van der Waals surface area contributed by atoms with E-state index in [4.69, 9.17) is 0 Å². The van der Waals surface area contributed by atoms with Gasteiger partial charge < -0.3 is 4.90 Å². The molecule has 3 rings (SSSR count). The number of carbonyl (C=O) groups is 1. The number of hydrogen-bond acceptors (Lipinski definition) is 3. The van der Waals surface area contributed by atoms with Crippen molar-refractivity contribution in [1.29, 1.82) is 0 Å². The molecular formula is C16H17NOS. The van der Waals surface area contributed by atoms with Crippen LogP contribution in [0.1, 0.15) is 28.1 Å². The minimum absolute atomic E-state index is 0.228. The Bertz CT molecular complexity index is 562. The molecule has 1 aromatic heterocycles. The van der Waals surface area contributed by atoms with Crippen LogP contribution in [-0.2, 0) is 6.42 Å². The van der Waals surface area contributed by atoms with E-state index in [-0.39, 0.29) is 5.78 Å². The highest BCUT2D eigenvalue weighted by Crippen LogP contribution is 2.26. The molecule has 2 heterocycles. The molecule has 2 nitrogen and oxygen atoms in total. The van der Waals surface area contributed by atoms with Gasteiger partial charge in [0.05, 0.1) is 11.4 Å². The summed E-state index contributed by atoms with van der Waals surface area (Å²) in [6.07, 6.45) is 3.49. The lowest BCUT2D eigenvalue weighted by molar-refractivity contribution is 0.100. The molecule has 0 aliphatic carbocycles. The lowest BCUT2D eigenvalue weighted by Gasteiger charge is -2.23. The third-order valence-electron chi connectivity index (χ3n) is 3.59. The van der Waals surface area contributed by atoms with Crippen molar-refractivity contribution in [2.24, 2.45) is 0 Å². The van der Waals surface area contributed by atoms with Gasteiger partial charge in [0.2, 0.25) is 0 Å². The number of carbonyl (C=O) groups excluding carboxylic acids is 1. The first kappa shape index (κ1) is 12.4. The molecule has 0 bridgehead atoms. The molecule has 0 radical (unpaired) electrons. The van der Waals surface area contributed by atoms with Gasteiger partial charge in [0.25, 0.3) is 0 Å². The maximum atomic E-state index is 12.3. The van der Waals surface area contributed by atoms with Crippen molar-refractivity contribution < 1.29 is 4.79 Å². The van der Waals surface area contributed by atoms with E-state index >= 15 is 0 Å². The van der Waals surface area contributed by atoms with E-state index in [1.807, 2.05) is 17.5 Å². The number of Topliss-reactive ketones (excluding diaryl/α,β-unsaturated/α-hetero) is 1. The van der Waals surface area contributed by atoms with E-state index in [1.165, 1.54) is 29.0 Å². The van der Waals surface area contributed by atoms with E-state index in [9.17, 15) is 4.79 Å². The zero-order chi connectivity index (χ0) is 13.1. The first-order valence-electron chi connectivity index (χ1n) is 6.74. The van der Waals surface area contributed by atoms with Crippen molar-refractivity contribution in [3.63, 3.8) is 0 Å². The SMILES string of the molecule is O=C(CN1CCCCc2ccccc21)c1cccs1. The number of nitrogens with zero attached hydrogens (tertiary/aromatic N) is 1. The molecule has 1 aliphatic heterocycles. The summed E-state index contributed by atoms with van der Waals surface area (Å²) in [5.74, 6) is 0.228. The van der Waals surface area contributed by atoms with Crippen LogP contribution in [0.4, 0.5) is 5.69 Å². The Balaban J connectivity index is 1.83. The van der Waals surface area contributed by atoms with Gasteiger partial charge in [0.15, 0.2) is 5.78 Å². The number of thiophene rings is 1. The van der Waals surface area contributed by atoms with Crippen molar-refractivity contribution >= 4 is 22.8 Å². The first-order chi connectivity index (χ1) is 9.34.